The lowest BCUT2D eigenvalue weighted by Gasteiger charge is -2.41. The Labute approximate surface area is 189 Å². The largest absolute Gasteiger partial charge is 0.435 e. The zero-order valence-corrected chi connectivity index (χ0v) is 18.2. The van der Waals surface area contributed by atoms with Gasteiger partial charge in [-0.3, -0.25) is 9.80 Å². The van der Waals surface area contributed by atoms with Crippen molar-refractivity contribution in [3.05, 3.63) is 59.7 Å². The van der Waals surface area contributed by atoms with Crippen molar-refractivity contribution in [3.63, 3.8) is 0 Å². The average Bonchev–Trinajstić information content (AvgIpc) is 2.75. The molecular weight excluding hydrogens is 444 g/mol. The van der Waals surface area contributed by atoms with Gasteiger partial charge in [-0.2, -0.15) is 17.6 Å². The van der Waals surface area contributed by atoms with Crippen molar-refractivity contribution in [2.45, 2.75) is 38.4 Å². The number of rotatable bonds is 10. The number of aliphatic hydroxyl groups excluding tert-OH is 2. The summed E-state index contributed by atoms with van der Waals surface area (Å²) in [5, 5.41) is 21.1. The third-order valence-corrected chi connectivity index (χ3v) is 5.67. The second kappa shape index (κ2) is 11.6. The first-order valence-electron chi connectivity index (χ1n) is 10.6. The van der Waals surface area contributed by atoms with Crippen LogP contribution in [0.2, 0.25) is 0 Å². The van der Waals surface area contributed by atoms with Crippen LogP contribution in [-0.2, 0) is 0 Å². The summed E-state index contributed by atoms with van der Waals surface area (Å²) in [5.74, 6) is 0.0793. The van der Waals surface area contributed by atoms with Gasteiger partial charge in [0.2, 0.25) is 0 Å². The third kappa shape index (κ3) is 7.56. The monoisotopic (exact) mass is 472 g/mol. The topological polar surface area (TPSA) is 65.4 Å². The molecule has 10 heteroatoms. The van der Waals surface area contributed by atoms with Gasteiger partial charge in [-0.1, -0.05) is 24.3 Å². The summed E-state index contributed by atoms with van der Waals surface area (Å²) in [5.41, 5.74) is 1.22. The summed E-state index contributed by atoms with van der Waals surface area (Å²) in [6, 6.07) is 12.0. The minimum Gasteiger partial charge on any atom is -0.435 e. The minimum atomic E-state index is -2.89. The van der Waals surface area contributed by atoms with Crippen molar-refractivity contribution in [1.82, 2.24) is 9.80 Å². The zero-order valence-electron chi connectivity index (χ0n) is 18.2. The first-order chi connectivity index (χ1) is 15.7. The molecule has 0 bridgehead atoms. The molecule has 2 aromatic carbocycles. The van der Waals surface area contributed by atoms with E-state index in [1.54, 1.807) is 24.3 Å². The van der Waals surface area contributed by atoms with Crippen molar-refractivity contribution < 1.29 is 37.2 Å². The molecule has 0 aromatic heterocycles. The maximum absolute atomic E-state index is 12.3. The van der Waals surface area contributed by atoms with E-state index in [4.69, 9.17) is 0 Å². The first kappa shape index (κ1) is 25.2. The van der Waals surface area contributed by atoms with Gasteiger partial charge >= 0.3 is 13.2 Å². The van der Waals surface area contributed by atoms with Crippen LogP contribution in [0.1, 0.15) is 30.3 Å². The van der Waals surface area contributed by atoms with Gasteiger partial charge < -0.3 is 19.7 Å². The molecule has 182 valence electrons. The van der Waals surface area contributed by atoms with Gasteiger partial charge in [0, 0.05) is 38.8 Å². The second-order valence-corrected chi connectivity index (χ2v) is 8.03. The van der Waals surface area contributed by atoms with Gasteiger partial charge in [0.25, 0.3) is 0 Å². The second-order valence-electron chi connectivity index (χ2n) is 8.03. The van der Waals surface area contributed by atoms with E-state index in [-0.39, 0.29) is 17.5 Å². The Morgan fingerprint density at radius 1 is 0.788 bits per heavy atom. The Kier molecular flexibility index (Phi) is 8.90. The van der Waals surface area contributed by atoms with E-state index in [1.165, 1.54) is 24.3 Å². The van der Waals surface area contributed by atoms with Crippen LogP contribution in [0.25, 0.3) is 0 Å². The number of hydrogen-bond acceptors (Lipinski definition) is 6. The normalized spacial score (nSPS) is 19.6. The Morgan fingerprint density at radius 3 is 1.67 bits per heavy atom. The summed E-state index contributed by atoms with van der Waals surface area (Å²) in [7, 11) is 0. The standard InChI is InChI=1S/C23H28F4N2O4/c1-15-12-28(13-20(30)16-2-6-18(7-3-16)32-22(24)25)10-11-29(15)14-21(31)17-4-8-19(9-5-17)33-23(26)27/h2-9,15,20-23,30-31H,10-14H2,1H3. The first-order valence-corrected chi connectivity index (χ1v) is 10.6. The molecule has 33 heavy (non-hydrogen) atoms. The van der Waals surface area contributed by atoms with Crippen LogP contribution in [0.15, 0.2) is 48.5 Å². The highest BCUT2D eigenvalue weighted by Crippen LogP contribution is 2.24. The van der Waals surface area contributed by atoms with Gasteiger partial charge in [-0.05, 0) is 42.3 Å². The van der Waals surface area contributed by atoms with Crippen molar-refractivity contribution in [1.29, 1.82) is 0 Å². The van der Waals surface area contributed by atoms with E-state index < -0.39 is 25.4 Å². The number of aliphatic hydroxyl groups is 2. The number of piperazine rings is 1. The van der Waals surface area contributed by atoms with Crippen LogP contribution in [0.4, 0.5) is 17.6 Å². The molecule has 6 nitrogen and oxygen atoms in total. The molecule has 0 aliphatic carbocycles. The lowest BCUT2D eigenvalue weighted by Crippen LogP contribution is -2.53. The number of hydrogen-bond donors (Lipinski definition) is 2. The number of ether oxygens (including phenoxy) is 2. The molecule has 1 saturated heterocycles. The molecule has 0 radical (unpaired) electrons. The fraction of sp³-hybridized carbons (Fsp3) is 0.478. The fourth-order valence-electron chi connectivity index (χ4n) is 3.93. The summed E-state index contributed by atoms with van der Waals surface area (Å²) in [6.07, 6.45) is -1.55. The molecule has 2 aromatic rings. The molecule has 3 unspecified atom stereocenters. The molecule has 3 atom stereocenters. The number of nitrogens with zero attached hydrogens (tertiary/aromatic N) is 2. The van der Waals surface area contributed by atoms with E-state index in [1.807, 2.05) is 6.92 Å². The van der Waals surface area contributed by atoms with Crippen LogP contribution in [-0.4, -0.2) is 72.0 Å². The highest BCUT2D eigenvalue weighted by molar-refractivity contribution is 5.29. The lowest BCUT2D eigenvalue weighted by atomic mass is 10.1. The van der Waals surface area contributed by atoms with Gasteiger partial charge in [-0.25, -0.2) is 0 Å². The number of benzene rings is 2. The molecule has 0 saturated carbocycles. The summed E-state index contributed by atoms with van der Waals surface area (Å²) >= 11 is 0. The number of alkyl halides is 4. The highest BCUT2D eigenvalue weighted by Gasteiger charge is 2.27. The lowest BCUT2D eigenvalue weighted by molar-refractivity contribution is -0.0505. The molecular formula is C23H28F4N2O4. The van der Waals surface area contributed by atoms with Crippen molar-refractivity contribution in [3.8, 4) is 11.5 Å². The van der Waals surface area contributed by atoms with Crippen LogP contribution >= 0.6 is 0 Å². The van der Waals surface area contributed by atoms with Crippen LogP contribution in [0, 0.1) is 0 Å². The van der Waals surface area contributed by atoms with Crippen LogP contribution < -0.4 is 9.47 Å². The van der Waals surface area contributed by atoms with Crippen LogP contribution in [0.5, 0.6) is 11.5 Å². The molecule has 0 spiro atoms. The van der Waals surface area contributed by atoms with E-state index in [0.29, 0.717) is 43.9 Å². The van der Waals surface area contributed by atoms with Gasteiger partial charge in [0.05, 0.1) is 12.2 Å². The zero-order chi connectivity index (χ0) is 24.0. The van der Waals surface area contributed by atoms with E-state index in [2.05, 4.69) is 19.3 Å². The fourth-order valence-corrected chi connectivity index (χ4v) is 3.93. The SMILES string of the molecule is CC1CN(CC(O)c2ccc(OC(F)F)cc2)CCN1CC(O)c1ccc(OC(F)F)cc1. The molecule has 1 heterocycles. The van der Waals surface area contributed by atoms with Gasteiger partial charge in [0.1, 0.15) is 11.5 Å². The quantitative estimate of drug-likeness (QED) is 0.515. The average molecular weight is 472 g/mol. The van der Waals surface area contributed by atoms with Gasteiger partial charge in [-0.15, -0.1) is 0 Å². The summed E-state index contributed by atoms with van der Waals surface area (Å²) in [6.45, 7) is -0.940. The molecule has 2 N–H and O–H groups in total. The minimum absolute atomic E-state index is 0.0395. The highest BCUT2D eigenvalue weighted by atomic mass is 19.3. The predicted molar refractivity (Wildman–Crippen MR) is 114 cm³/mol. The van der Waals surface area contributed by atoms with E-state index in [0.717, 1.165) is 0 Å². The summed E-state index contributed by atoms with van der Waals surface area (Å²) in [4.78, 5) is 4.24. The van der Waals surface area contributed by atoms with E-state index >= 15 is 0 Å². The Hall–Kier alpha value is -2.40. The molecule has 3 rings (SSSR count). The summed E-state index contributed by atoms with van der Waals surface area (Å²) < 4.78 is 57.7. The third-order valence-electron chi connectivity index (χ3n) is 5.67. The van der Waals surface area contributed by atoms with E-state index in [9.17, 15) is 27.8 Å². The van der Waals surface area contributed by atoms with Crippen molar-refractivity contribution in [2.24, 2.45) is 0 Å². The molecule has 1 aliphatic heterocycles. The Bertz CT molecular complexity index is 855. The molecule has 0 amide bonds. The van der Waals surface area contributed by atoms with Crippen molar-refractivity contribution in [2.75, 3.05) is 32.7 Å². The maximum atomic E-state index is 12.3. The Balaban J connectivity index is 1.47. The molecule has 1 fully saturated rings. The van der Waals surface area contributed by atoms with Gasteiger partial charge in [0.15, 0.2) is 0 Å². The molecule has 1 aliphatic rings. The van der Waals surface area contributed by atoms with Crippen molar-refractivity contribution >= 4 is 0 Å². The number of β-amino-alcohol motifs (C(OH)–C–C–N with tert-alkyl or cyclic N) is 2. The van der Waals surface area contributed by atoms with Crippen LogP contribution in [0.3, 0.4) is 0 Å². The predicted octanol–water partition coefficient (Wildman–Crippen LogP) is 3.66. The maximum Gasteiger partial charge on any atom is 0.387 e. The Morgan fingerprint density at radius 2 is 1.24 bits per heavy atom. The smallest absolute Gasteiger partial charge is 0.387 e. The number of halogens is 4.